The average molecular weight is 292 g/mol. The van der Waals surface area contributed by atoms with Crippen LogP contribution in [0.5, 0.6) is 0 Å². The minimum absolute atomic E-state index is 0.151. The number of aromatic nitrogens is 2. The van der Waals surface area contributed by atoms with E-state index in [1.807, 2.05) is 6.92 Å². The second-order valence-corrected chi connectivity index (χ2v) is 5.59. The summed E-state index contributed by atoms with van der Waals surface area (Å²) in [6.45, 7) is 9.87. The Bertz CT molecular complexity index is 743. The van der Waals surface area contributed by atoms with Crippen LogP contribution in [-0.2, 0) is 11.3 Å². The van der Waals surface area contributed by atoms with Crippen molar-refractivity contribution in [2.24, 2.45) is 0 Å². The van der Waals surface area contributed by atoms with Gasteiger partial charge in [-0.05, 0) is 26.3 Å². The summed E-state index contributed by atoms with van der Waals surface area (Å²) in [5, 5.41) is 0.488. The number of carbonyl (C=O) groups excluding carboxylic acids is 1. The zero-order chi connectivity index (χ0) is 14.9. The molecule has 2 rings (SSSR count). The molecular formula is C14H16N2O3S. The molecular weight excluding hydrogens is 276 g/mol. The molecule has 0 unspecified atom stereocenters. The smallest absolute Gasteiger partial charge is 0.348 e. The summed E-state index contributed by atoms with van der Waals surface area (Å²) in [5.74, 6) is -0.404. The molecule has 6 heteroatoms. The van der Waals surface area contributed by atoms with Gasteiger partial charge in [-0.15, -0.1) is 11.3 Å². The van der Waals surface area contributed by atoms with Gasteiger partial charge in [-0.1, -0.05) is 12.2 Å². The van der Waals surface area contributed by atoms with Crippen LogP contribution < -0.4 is 5.56 Å². The molecule has 0 fully saturated rings. The fraction of sp³-hybridized carbons (Fsp3) is 0.357. The number of thiophene rings is 1. The SMILES string of the molecule is C=C(C)Cn1cnc2sc(C(=O)OCC)c(C)c2c1=O. The fourth-order valence-electron chi connectivity index (χ4n) is 1.95. The number of aryl methyl sites for hydroxylation is 1. The highest BCUT2D eigenvalue weighted by Gasteiger charge is 2.20. The van der Waals surface area contributed by atoms with Crippen LogP contribution in [0.15, 0.2) is 23.3 Å². The summed E-state index contributed by atoms with van der Waals surface area (Å²) in [7, 11) is 0. The molecule has 0 aliphatic heterocycles. The quantitative estimate of drug-likeness (QED) is 0.641. The third-order valence-electron chi connectivity index (χ3n) is 2.82. The molecule has 0 bridgehead atoms. The maximum absolute atomic E-state index is 12.4. The van der Waals surface area contributed by atoms with Crippen molar-refractivity contribution >= 4 is 27.5 Å². The number of nitrogens with zero attached hydrogens (tertiary/aromatic N) is 2. The maximum Gasteiger partial charge on any atom is 0.348 e. The van der Waals surface area contributed by atoms with E-state index in [2.05, 4.69) is 11.6 Å². The van der Waals surface area contributed by atoms with Gasteiger partial charge in [0, 0.05) is 6.54 Å². The molecule has 0 saturated carbocycles. The first-order valence-electron chi connectivity index (χ1n) is 6.25. The first kappa shape index (κ1) is 14.5. The van der Waals surface area contributed by atoms with Crippen molar-refractivity contribution in [3.05, 3.63) is 39.3 Å². The minimum atomic E-state index is -0.404. The van der Waals surface area contributed by atoms with Gasteiger partial charge in [0.15, 0.2) is 0 Å². The third-order valence-corrected chi connectivity index (χ3v) is 4.00. The number of ether oxygens (including phenoxy) is 1. The van der Waals surface area contributed by atoms with Crippen molar-refractivity contribution in [1.82, 2.24) is 9.55 Å². The molecule has 0 aliphatic carbocycles. The van der Waals surface area contributed by atoms with Crippen molar-refractivity contribution in [3.63, 3.8) is 0 Å². The molecule has 0 aromatic carbocycles. The first-order valence-corrected chi connectivity index (χ1v) is 7.07. The number of esters is 1. The second kappa shape index (κ2) is 5.58. The van der Waals surface area contributed by atoms with Crippen LogP contribution in [0.3, 0.4) is 0 Å². The Labute approximate surface area is 120 Å². The van der Waals surface area contributed by atoms with E-state index < -0.39 is 5.97 Å². The lowest BCUT2D eigenvalue weighted by atomic mass is 10.2. The van der Waals surface area contributed by atoms with Gasteiger partial charge in [0.05, 0.1) is 18.3 Å². The van der Waals surface area contributed by atoms with E-state index in [1.54, 1.807) is 13.8 Å². The standard InChI is InChI=1S/C14H16N2O3S/c1-5-19-14(18)11-9(4)10-12(20-11)15-7-16(13(10)17)6-8(2)3/h7H,2,5-6H2,1,3-4H3. The van der Waals surface area contributed by atoms with Crippen LogP contribution in [0, 0.1) is 6.92 Å². The zero-order valence-electron chi connectivity index (χ0n) is 11.7. The van der Waals surface area contributed by atoms with Gasteiger partial charge in [-0.3, -0.25) is 9.36 Å². The number of carbonyl (C=O) groups is 1. The van der Waals surface area contributed by atoms with E-state index in [0.717, 1.165) is 5.57 Å². The lowest BCUT2D eigenvalue weighted by Gasteiger charge is -2.04. The average Bonchev–Trinajstić information content (AvgIpc) is 2.71. The Morgan fingerprint density at radius 3 is 2.85 bits per heavy atom. The number of allylic oxidation sites excluding steroid dienone is 1. The molecule has 0 saturated heterocycles. The molecule has 2 heterocycles. The Balaban J connectivity index is 2.61. The highest BCUT2D eigenvalue weighted by atomic mass is 32.1. The van der Waals surface area contributed by atoms with Crippen LogP contribution in [0.2, 0.25) is 0 Å². The van der Waals surface area contributed by atoms with Crippen molar-refractivity contribution in [1.29, 1.82) is 0 Å². The maximum atomic E-state index is 12.4. The highest BCUT2D eigenvalue weighted by Crippen LogP contribution is 2.27. The summed E-state index contributed by atoms with van der Waals surface area (Å²) in [6, 6.07) is 0. The fourth-order valence-corrected chi connectivity index (χ4v) is 2.99. The summed E-state index contributed by atoms with van der Waals surface area (Å²) in [5.41, 5.74) is 1.35. The predicted octanol–water partition coefficient (Wildman–Crippen LogP) is 2.52. The number of fused-ring (bicyclic) bond motifs is 1. The van der Waals surface area contributed by atoms with Gasteiger partial charge in [0.1, 0.15) is 9.71 Å². The molecule has 20 heavy (non-hydrogen) atoms. The van der Waals surface area contributed by atoms with Crippen molar-refractivity contribution < 1.29 is 9.53 Å². The van der Waals surface area contributed by atoms with E-state index in [4.69, 9.17) is 4.74 Å². The topological polar surface area (TPSA) is 61.2 Å². The van der Waals surface area contributed by atoms with Gasteiger partial charge < -0.3 is 4.74 Å². The molecule has 0 aliphatic rings. The van der Waals surface area contributed by atoms with Gasteiger partial charge in [0.2, 0.25) is 0 Å². The van der Waals surface area contributed by atoms with Gasteiger partial charge in [0.25, 0.3) is 5.56 Å². The second-order valence-electron chi connectivity index (χ2n) is 4.59. The molecule has 0 spiro atoms. The van der Waals surface area contributed by atoms with E-state index in [1.165, 1.54) is 22.2 Å². The molecule has 5 nitrogen and oxygen atoms in total. The number of hydrogen-bond donors (Lipinski definition) is 0. The van der Waals surface area contributed by atoms with Crippen molar-refractivity contribution in [2.75, 3.05) is 6.61 Å². The zero-order valence-corrected chi connectivity index (χ0v) is 12.5. The minimum Gasteiger partial charge on any atom is -0.462 e. The van der Waals surface area contributed by atoms with E-state index in [9.17, 15) is 9.59 Å². The molecule has 0 atom stereocenters. The molecule has 0 radical (unpaired) electrons. The largest absolute Gasteiger partial charge is 0.462 e. The van der Waals surface area contributed by atoms with Crippen LogP contribution in [0.1, 0.15) is 29.1 Å². The van der Waals surface area contributed by atoms with Crippen LogP contribution in [0.4, 0.5) is 0 Å². The Morgan fingerprint density at radius 1 is 1.55 bits per heavy atom. The summed E-state index contributed by atoms with van der Waals surface area (Å²) >= 11 is 1.19. The Morgan fingerprint density at radius 2 is 2.25 bits per heavy atom. The molecule has 106 valence electrons. The molecule has 0 N–H and O–H groups in total. The van der Waals surface area contributed by atoms with E-state index >= 15 is 0 Å². The van der Waals surface area contributed by atoms with Crippen molar-refractivity contribution in [2.45, 2.75) is 27.3 Å². The Kier molecular flexibility index (Phi) is 4.04. The predicted molar refractivity (Wildman–Crippen MR) is 79.4 cm³/mol. The monoisotopic (exact) mass is 292 g/mol. The normalized spacial score (nSPS) is 10.8. The van der Waals surface area contributed by atoms with E-state index in [-0.39, 0.29) is 5.56 Å². The van der Waals surface area contributed by atoms with Crippen LogP contribution in [0.25, 0.3) is 10.2 Å². The summed E-state index contributed by atoms with van der Waals surface area (Å²) in [4.78, 5) is 29.5. The number of hydrogen-bond acceptors (Lipinski definition) is 5. The van der Waals surface area contributed by atoms with Crippen LogP contribution >= 0.6 is 11.3 Å². The van der Waals surface area contributed by atoms with Crippen molar-refractivity contribution in [3.8, 4) is 0 Å². The van der Waals surface area contributed by atoms with Crippen LogP contribution in [-0.4, -0.2) is 22.1 Å². The first-order chi connectivity index (χ1) is 9.45. The number of rotatable bonds is 4. The van der Waals surface area contributed by atoms with Gasteiger partial charge in [-0.25, -0.2) is 9.78 Å². The van der Waals surface area contributed by atoms with E-state index in [0.29, 0.717) is 33.8 Å². The molecule has 2 aromatic rings. The third kappa shape index (κ3) is 2.51. The Hall–Kier alpha value is -1.95. The molecule has 0 amide bonds. The lowest BCUT2D eigenvalue weighted by Crippen LogP contribution is -2.21. The summed E-state index contributed by atoms with van der Waals surface area (Å²) in [6.07, 6.45) is 1.49. The van der Waals surface area contributed by atoms with Gasteiger partial charge in [-0.2, -0.15) is 0 Å². The molecule has 2 aromatic heterocycles. The lowest BCUT2D eigenvalue weighted by molar-refractivity contribution is 0.0531. The summed E-state index contributed by atoms with van der Waals surface area (Å²) < 4.78 is 6.49. The highest BCUT2D eigenvalue weighted by molar-refractivity contribution is 7.20. The van der Waals surface area contributed by atoms with Gasteiger partial charge >= 0.3 is 5.97 Å².